The summed E-state index contributed by atoms with van der Waals surface area (Å²) in [5.41, 5.74) is 4.08. The van der Waals surface area contributed by atoms with Crippen molar-refractivity contribution in [3.8, 4) is 5.88 Å². The van der Waals surface area contributed by atoms with Gasteiger partial charge in [0.05, 0.1) is 11.9 Å². The first-order valence-electron chi connectivity index (χ1n) is 7.28. The van der Waals surface area contributed by atoms with Crippen LogP contribution < -0.4 is 5.32 Å². The number of H-pyrrole nitrogens is 2. The van der Waals surface area contributed by atoms with Crippen molar-refractivity contribution in [3.05, 3.63) is 58.6 Å². The van der Waals surface area contributed by atoms with E-state index in [0.29, 0.717) is 16.3 Å². The monoisotopic (exact) mass is 335 g/mol. The minimum absolute atomic E-state index is 0.000810. The number of rotatable bonds is 3. The predicted molar refractivity (Wildman–Crippen MR) is 97.6 cm³/mol. The molecule has 2 aromatic heterocycles. The smallest absolute Gasteiger partial charge is 0.215 e. The van der Waals surface area contributed by atoms with Gasteiger partial charge in [0, 0.05) is 23.0 Å². The number of hydrogen-bond donors (Lipinski definition) is 4. The van der Waals surface area contributed by atoms with Crippen LogP contribution in [0.4, 0.5) is 17.2 Å². The number of aromatic amines is 2. The number of aromatic hydroxyl groups is 1. The van der Waals surface area contributed by atoms with Crippen LogP contribution in [-0.2, 0) is 0 Å². The van der Waals surface area contributed by atoms with E-state index in [-0.39, 0.29) is 5.88 Å². The number of nitrogens with one attached hydrogen (secondary N) is 3. The van der Waals surface area contributed by atoms with E-state index in [0.717, 1.165) is 22.5 Å². The van der Waals surface area contributed by atoms with Gasteiger partial charge >= 0.3 is 0 Å². The molecule has 6 nitrogen and oxygen atoms in total. The third kappa shape index (κ3) is 2.72. The second kappa shape index (κ2) is 5.78. The van der Waals surface area contributed by atoms with Gasteiger partial charge in [-0.05, 0) is 36.5 Å². The lowest BCUT2D eigenvalue weighted by Gasteiger charge is -2.07. The zero-order valence-electron chi connectivity index (χ0n) is 12.4. The molecule has 0 saturated carbocycles. The number of pyridine rings is 1. The van der Waals surface area contributed by atoms with E-state index in [1.54, 1.807) is 18.5 Å². The van der Waals surface area contributed by atoms with Gasteiger partial charge in [0.25, 0.3) is 0 Å². The Kier molecular flexibility index (Phi) is 3.47. The molecule has 1 aliphatic rings. The number of imidazole rings is 1. The second-order valence-corrected chi connectivity index (χ2v) is 5.69. The summed E-state index contributed by atoms with van der Waals surface area (Å²) < 4.78 is 0.368. The first-order valence-corrected chi connectivity index (χ1v) is 7.69. The first kappa shape index (κ1) is 14.4. The van der Waals surface area contributed by atoms with Crippen LogP contribution in [0.15, 0.2) is 47.6 Å². The van der Waals surface area contributed by atoms with Crippen molar-refractivity contribution in [2.24, 2.45) is 4.99 Å². The van der Waals surface area contributed by atoms with Crippen molar-refractivity contribution in [1.29, 1.82) is 0 Å². The molecule has 1 aromatic carbocycles. The third-order valence-electron chi connectivity index (χ3n) is 3.60. The van der Waals surface area contributed by atoms with E-state index in [1.807, 2.05) is 36.4 Å². The van der Waals surface area contributed by atoms with E-state index in [4.69, 9.17) is 12.2 Å². The maximum absolute atomic E-state index is 9.82. The maximum Gasteiger partial charge on any atom is 0.215 e. The molecule has 4 rings (SSSR count). The minimum atomic E-state index is 0.000810. The van der Waals surface area contributed by atoms with Gasteiger partial charge in [-0.1, -0.05) is 18.2 Å². The van der Waals surface area contributed by atoms with Crippen molar-refractivity contribution < 1.29 is 5.11 Å². The molecule has 3 heterocycles. The Labute approximate surface area is 142 Å². The highest BCUT2D eigenvalue weighted by Gasteiger charge is 2.15. The van der Waals surface area contributed by atoms with Crippen molar-refractivity contribution in [1.82, 2.24) is 15.0 Å². The van der Waals surface area contributed by atoms with Crippen LogP contribution in [0.5, 0.6) is 5.88 Å². The van der Waals surface area contributed by atoms with Crippen LogP contribution >= 0.6 is 12.2 Å². The fourth-order valence-corrected chi connectivity index (χ4v) is 2.70. The molecule has 0 saturated heterocycles. The standard InChI is InChI=1S/C17H13N5OS/c23-16-14(21-17(24)22-16)6-10-8-18-15-13(10)7-12(9-19-15)20-11-4-2-1-3-5-11/h1-9,20,23H,(H2,21,22,24). The Morgan fingerprint density at radius 3 is 2.71 bits per heavy atom. The lowest BCUT2D eigenvalue weighted by Crippen LogP contribution is -1.92. The third-order valence-corrected chi connectivity index (χ3v) is 3.81. The van der Waals surface area contributed by atoms with Crippen molar-refractivity contribution >= 4 is 47.3 Å². The van der Waals surface area contributed by atoms with Gasteiger partial charge in [0.2, 0.25) is 5.88 Å². The Balaban J connectivity index is 1.69. The molecule has 4 N–H and O–H groups in total. The molecule has 0 fully saturated rings. The minimum Gasteiger partial charge on any atom is -0.493 e. The number of nitrogens with zero attached hydrogens (tertiary/aromatic N) is 2. The van der Waals surface area contributed by atoms with Gasteiger partial charge in [-0.3, -0.25) is 0 Å². The largest absolute Gasteiger partial charge is 0.493 e. The van der Waals surface area contributed by atoms with Crippen molar-refractivity contribution in [2.75, 3.05) is 5.32 Å². The summed E-state index contributed by atoms with van der Waals surface area (Å²) in [6, 6.07) is 11.8. The number of hydrogen-bond acceptors (Lipinski definition) is 5. The molecule has 0 aliphatic carbocycles. The van der Waals surface area contributed by atoms with Crippen LogP contribution in [0.3, 0.4) is 0 Å². The molecule has 0 bridgehead atoms. The summed E-state index contributed by atoms with van der Waals surface area (Å²) in [4.78, 5) is 14.2. The average molecular weight is 335 g/mol. The number of fused-ring (bicyclic) bond motifs is 1. The van der Waals surface area contributed by atoms with Gasteiger partial charge in [0.15, 0.2) is 10.6 Å². The summed E-state index contributed by atoms with van der Waals surface area (Å²) in [6.45, 7) is 0. The van der Waals surface area contributed by atoms with Crippen LogP contribution in [-0.4, -0.2) is 26.3 Å². The average Bonchev–Trinajstić information content (AvgIpc) is 3.12. The van der Waals surface area contributed by atoms with Crippen molar-refractivity contribution in [3.63, 3.8) is 0 Å². The normalized spacial score (nSPS) is 14.1. The summed E-state index contributed by atoms with van der Waals surface area (Å²) in [5.74, 6) is 0.648. The Hall–Kier alpha value is -3.19. The summed E-state index contributed by atoms with van der Waals surface area (Å²) in [6.07, 6.45) is 5.24. The van der Waals surface area contributed by atoms with Gasteiger partial charge in [-0.15, -0.1) is 0 Å². The fourth-order valence-electron chi connectivity index (χ4n) is 2.49. The molecule has 0 radical (unpaired) electrons. The quantitative estimate of drug-likeness (QED) is 0.541. The molecule has 0 unspecified atom stereocenters. The highest BCUT2D eigenvalue weighted by Crippen LogP contribution is 2.33. The molecule has 3 aromatic rings. The van der Waals surface area contributed by atoms with E-state index < -0.39 is 0 Å². The topological polar surface area (TPSA) is 89.1 Å². The Bertz CT molecular complexity index is 1020. The van der Waals surface area contributed by atoms with Gasteiger partial charge < -0.3 is 20.4 Å². The second-order valence-electron chi connectivity index (χ2n) is 5.29. The van der Waals surface area contributed by atoms with Crippen LogP contribution in [0.2, 0.25) is 0 Å². The predicted octanol–water partition coefficient (Wildman–Crippen LogP) is 4.17. The highest BCUT2D eigenvalue weighted by atomic mass is 32.1. The molecule has 0 spiro atoms. The first-order chi connectivity index (χ1) is 11.7. The van der Waals surface area contributed by atoms with Crippen LogP contribution in [0.1, 0.15) is 11.3 Å². The van der Waals surface area contributed by atoms with E-state index in [9.17, 15) is 5.11 Å². The number of aromatic nitrogens is 3. The maximum atomic E-state index is 9.82. The SMILES string of the molecule is Oc1[nH]c(=S)[nH]c1C=C1C=Nc2ncc(Nc3ccccc3)cc21. The Morgan fingerprint density at radius 2 is 1.96 bits per heavy atom. The van der Waals surface area contributed by atoms with Crippen LogP contribution in [0, 0.1) is 4.77 Å². The number of benzene rings is 1. The van der Waals surface area contributed by atoms with E-state index in [2.05, 4.69) is 25.3 Å². The molecular formula is C17H13N5OS. The fraction of sp³-hybridized carbons (Fsp3) is 0. The van der Waals surface area contributed by atoms with Gasteiger partial charge in [0.1, 0.15) is 5.69 Å². The lowest BCUT2D eigenvalue weighted by molar-refractivity contribution is 0.455. The zero-order chi connectivity index (χ0) is 16.5. The summed E-state index contributed by atoms with van der Waals surface area (Å²) in [5, 5.41) is 13.1. The molecular weight excluding hydrogens is 322 g/mol. The van der Waals surface area contributed by atoms with Gasteiger partial charge in [-0.2, -0.15) is 0 Å². The van der Waals surface area contributed by atoms with E-state index >= 15 is 0 Å². The molecule has 0 amide bonds. The van der Waals surface area contributed by atoms with Crippen molar-refractivity contribution in [2.45, 2.75) is 0 Å². The number of anilines is 2. The summed E-state index contributed by atoms with van der Waals surface area (Å²) >= 11 is 4.98. The number of allylic oxidation sites excluding steroid dienone is 1. The van der Waals surface area contributed by atoms with Gasteiger partial charge in [-0.25, -0.2) is 9.98 Å². The van der Waals surface area contributed by atoms with Crippen LogP contribution in [0.25, 0.3) is 11.6 Å². The Morgan fingerprint density at radius 1 is 1.12 bits per heavy atom. The molecule has 118 valence electrons. The number of para-hydroxylation sites is 1. The molecule has 0 atom stereocenters. The summed E-state index contributed by atoms with van der Waals surface area (Å²) in [7, 11) is 0. The zero-order valence-corrected chi connectivity index (χ0v) is 13.3. The highest BCUT2D eigenvalue weighted by molar-refractivity contribution is 7.71. The molecule has 24 heavy (non-hydrogen) atoms. The molecule has 7 heteroatoms. The van der Waals surface area contributed by atoms with E-state index in [1.165, 1.54) is 0 Å². The number of aliphatic imine (C=N–C) groups is 1. The molecule has 1 aliphatic heterocycles. The lowest BCUT2D eigenvalue weighted by atomic mass is 10.1.